The average Bonchev–Trinajstić information content (AvgIpc) is 2.69. The number of benzene rings is 2. The highest BCUT2D eigenvalue weighted by Gasteiger charge is 2.28. The number of quaternary nitrogens is 1. The van der Waals surface area contributed by atoms with Gasteiger partial charge in [-0.25, -0.2) is 13.1 Å². The topological polar surface area (TPSA) is 63.1 Å². The van der Waals surface area contributed by atoms with Crippen molar-refractivity contribution < 1.29 is 18.1 Å². The molecule has 6 nitrogen and oxygen atoms in total. The number of nitrogens with one attached hydrogen (secondary N) is 2. The summed E-state index contributed by atoms with van der Waals surface area (Å²) in [5, 5.41) is 0.400. The molecule has 2 N–H and O–H groups in total. The number of nitrogens with zero attached hydrogens (tertiary/aromatic N) is 1. The Morgan fingerprint density at radius 2 is 1.82 bits per heavy atom. The molecule has 0 aliphatic carbocycles. The van der Waals surface area contributed by atoms with Gasteiger partial charge in [-0.05, 0) is 30.3 Å². The van der Waals surface area contributed by atoms with Gasteiger partial charge in [0.2, 0.25) is 10.0 Å². The molecule has 0 aromatic heterocycles. The highest BCUT2D eigenvalue weighted by atomic mass is 35.5. The van der Waals surface area contributed by atoms with Gasteiger partial charge in [0.05, 0.1) is 24.7 Å². The van der Waals surface area contributed by atoms with E-state index < -0.39 is 10.0 Å². The predicted octanol–water partition coefficient (Wildman–Crippen LogP) is 1.34. The smallest absolute Gasteiger partial charge is 0.240 e. The summed E-state index contributed by atoms with van der Waals surface area (Å²) in [7, 11) is 0.364. The summed E-state index contributed by atoms with van der Waals surface area (Å²) in [6.45, 7) is 3.37. The molecule has 0 saturated carbocycles. The Balaban J connectivity index is 1.81. The summed E-state index contributed by atoms with van der Waals surface area (Å²) >= 11 is 5.96. The van der Waals surface area contributed by atoms with Crippen LogP contribution in [0.2, 0.25) is 5.02 Å². The van der Waals surface area contributed by atoms with Crippen LogP contribution in [0, 0.1) is 0 Å². The molecule has 1 aliphatic heterocycles. The van der Waals surface area contributed by atoms with E-state index in [2.05, 4.69) is 29.0 Å². The number of anilines is 1. The summed E-state index contributed by atoms with van der Waals surface area (Å²) in [6.07, 6.45) is 0. The van der Waals surface area contributed by atoms with Crippen molar-refractivity contribution in [3.8, 4) is 0 Å². The Morgan fingerprint density at radius 1 is 1.14 bits per heavy atom. The molecule has 8 heteroatoms. The fourth-order valence-corrected chi connectivity index (χ4v) is 4.74. The van der Waals surface area contributed by atoms with E-state index in [1.165, 1.54) is 11.0 Å². The van der Waals surface area contributed by atoms with Crippen molar-refractivity contribution in [1.29, 1.82) is 0 Å². The molecule has 1 aliphatic rings. The van der Waals surface area contributed by atoms with Crippen molar-refractivity contribution >= 4 is 27.3 Å². The molecule has 0 unspecified atom stereocenters. The van der Waals surface area contributed by atoms with Crippen LogP contribution in [0.25, 0.3) is 0 Å². The van der Waals surface area contributed by atoms with Crippen LogP contribution in [-0.4, -0.2) is 55.4 Å². The van der Waals surface area contributed by atoms with Crippen LogP contribution in [0.4, 0.5) is 5.69 Å². The third-order valence-corrected chi connectivity index (χ3v) is 6.68. The molecule has 2 aromatic carbocycles. The first kappa shape index (κ1) is 21.1. The number of hydrogen-bond acceptors (Lipinski definition) is 4. The molecule has 1 atom stereocenters. The van der Waals surface area contributed by atoms with Crippen molar-refractivity contribution in [3.05, 3.63) is 59.1 Å². The van der Waals surface area contributed by atoms with Gasteiger partial charge in [0, 0.05) is 30.4 Å². The lowest BCUT2D eigenvalue weighted by Crippen LogP contribution is -3.15. The fraction of sp³-hybridized carbons (Fsp3) is 0.400. The molecular weight excluding hydrogens is 398 g/mol. The molecule has 1 fully saturated rings. The lowest BCUT2D eigenvalue weighted by atomic mass is 10.0. The van der Waals surface area contributed by atoms with E-state index in [9.17, 15) is 8.42 Å². The summed E-state index contributed by atoms with van der Waals surface area (Å²) in [4.78, 5) is 3.54. The molecule has 28 heavy (non-hydrogen) atoms. The number of hydrogen-bond donors (Lipinski definition) is 2. The van der Waals surface area contributed by atoms with Crippen molar-refractivity contribution in [2.75, 3.05) is 51.8 Å². The van der Waals surface area contributed by atoms with Crippen LogP contribution < -0.4 is 14.5 Å². The zero-order valence-corrected chi connectivity index (χ0v) is 17.8. The molecule has 152 valence electrons. The van der Waals surface area contributed by atoms with Gasteiger partial charge < -0.3 is 14.5 Å². The van der Waals surface area contributed by atoms with E-state index in [4.69, 9.17) is 16.3 Å². The van der Waals surface area contributed by atoms with Gasteiger partial charge in [-0.2, -0.15) is 0 Å². The molecule has 0 spiro atoms. The maximum atomic E-state index is 12.7. The lowest BCUT2D eigenvalue weighted by molar-refractivity contribution is -0.937. The summed E-state index contributed by atoms with van der Waals surface area (Å²) in [5.41, 5.74) is 2.22. The Labute approximate surface area is 172 Å². The number of halogens is 1. The summed E-state index contributed by atoms with van der Waals surface area (Å²) < 4.78 is 33.7. The first-order chi connectivity index (χ1) is 13.4. The quantitative estimate of drug-likeness (QED) is 0.704. The van der Waals surface area contributed by atoms with Crippen molar-refractivity contribution in [1.82, 2.24) is 4.72 Å². The Kier molecular flexibility index (Phi) is 6.95. The zero-order chi connectivity index (χ0) is 20.1. The molecule has 3 rings (SSSR count). The van der Waals surface area contributed by atoms with Crippen molar-refractivity contribution in [3.63, 3.8) is 0 Å². The molecular formula is C20H27ClN3O3S+. The lowest BCUT2D eigenvalue weighted by Gasteiger charge is -2.32. The Bertz CT molecular complexity index is 882. The molecule has 2 aromatic rings. The third kappa shape index (κ3) is 5.24. The Hall–Kier alpha value is -1.64. The third-order valence-electron chi connectivity index (χ3n) is 5.02. The highest BCUT2D eigenvalue weighted by Crippen LogP contribution is 2.18. The number of morpholine rings is 1. The van der Waals surface area contributed by atoms with Crippen molar-refractivity contribution in [2.24, 2.45) is 0 Å². The second-order valence-electron chi connectivity index (χ2n) is 7.12. The minimum Gasteiger partial charge on any atom is -0.378 e. The van der Waals surface area contributed by atoms with E-state index in [0.29, 0.717) is 24.8 Å². The SMILES string of the molecule is CN(C)c1ccc([C@@H](CNS(=O)(=O)c2cccc(Cl)c2)[NH+]2CCOCC2)cc1. The monoisotopic (exact) mass is 424 g/mol. The van der Waals surface area contributed by atoms with Crippen molar-refractivity contribution in [2.45, 2.75) is 10.9 Å². The summed E-state index contributed by atoms with van der Waals surface area (Å²) in [6, 6.07) is 14.6. The standard InChI is InChI=1S/C20H26ClN3O3S/c1-23(2)18-8-6-16(7-9-18)20(24-10-12-27-13-11-24)15-22-28(25,26)19-5-3-4-17(21)14-19/h3-9,14,20,22H,10-13,15H2,1-2H3/p+1/t20-/m1/s1. The second-order valence-corrected chi connectivity index (χ2v) is 9.32. The molecule has 0 amide bonds. The van der Waals surface area contributed by atoms with Gasteiger partial charge in [-0.1, -0.05) is 29.8 Å². The molecule has 0 bridgehead atoms. The molecule has 1 saturated heterocycles. The Morgan fingerprint density at radius 3 is 2.43 bits per heavy atom. The van der Waals surface area contributed by atoms with Crippen LogP contribution in [-0.2, 0) is 14.8 Å². The van der Waals surface area contributed by atoms with Gasteiger partial charge in [-0.3, -0.25) is 0 Å². The van der Waals surface area contributed by atoms with Crippen LogP contribution in [0.15, 0.2) is 53.4 Å². The minimum absolute atomic E-state index is 0.00840. The highest BCUT2D eigenvalue weighted by molar-refractivity contribution is 7.89. The predicted molar refractivity (Wildman–Crippen MR) is 112 cm³/mol. The maximum absolute atomic E-state index is 12.7. The number of rotatable bonds is 7. The van der Waals surface area contributed by atoms with E-state index in [0.717, 1.165) is 24.3 Å². The first-order valence-electron chi connectivity index (χ1n) is 9.31. The average molecular weight is 425 g/mol. The van der Waals surface area contributed by atoms with E-state index in [1.807, 2.05) is 19.0 Å². The van der Waals surface area contributed by atoms with Crippen LogP contribution in [0.1, 0.15) is 11.6 Å². The summed E-state index contributed by atoms with van der Waals surface area (Å²) in [5.74, 6) is 0. The molecule has 1 heterocycles. The van der Waals surface area contributed by atoms with E-state index in [-0.39, 0.29) is 10.9 Å². The number of sulfonamides is 1. The second kappa shape index (κ2) is 9.24. The van der Waals surface area contributed by atoms with Gasteiger partial charge >= 0.3 is 0 Å². The van der Waals surface area contributed by atoms with Gasteiger partial charge in [-0.15, -0.1) is 0 Å². The van der Waals surface area contributed by atoms with E-state index in [1.54, 1.807) is 18.2 Å². The fourth-order valence-electron chi connectivity index (χ4n) is 3.40. The maximum Gasteiger partial charge on any atom is 0.240 e. The van der Waals surface area contributed by atoms with Gasteiger partial charge in [0.25, 0.3) is 0 Å². The van der Waals surface area contributed by atoms with Crippen LogP contribution in [0.5, 0.6) is 0 Å². The normalized spacial score (nSPS) is 16.7. The molecule has 0 radical (unpaired) electrons. The van der Waals surface area contributed by atoms with E-state index >= 15 is 0 Å². The van der Waals surface area contributed by atoms with Gasteiger partial charge in [0.15, 0.2) is 0 Å². The van der Waals surface area contributed by atoms with Crippen LogP contribution in [0.3, 0.4) is 0 Å². The van der Waals surface area contributed by atoms with Crippen LogP contribution >= 0.6 is 11.6 Å². The largest absolute Gasteiger partial charge is 0.378 e. The first-order valence-corrected chi connectivity index (χ1v) is 11.2. The minimum atomic E-state index is -3.63. The zero-order valence-electron chi connectivity index (χ0n) is 16.2. The number of ether oxygens (including phenoxy) is 1. The van der Waals surface area contributed by atoms with Gasteiger partial charge in [0.1, 0.15) is 19.1 Å².